The summed E-state index contributed by atoms with van der Waals surface area (Å²) in [5.41, 5.74) is 7.54. The van der Waals surface area contributed by atoms with Crippen molar-refractivity contribution in [3.05, 3.63) is 169 Å². The second kappa shape index (κ2) is 11.4. The lowest BCUT2D eigenvalue weighted by atomic mass is 10.1. The molecule has 2 heterocycles. The summed E-state index contributed by atoms with van der Waals surface area (Å²) in [5.74, 6) is 10.2. The van der Waals surface area contributed by atoms with Gasteiger partial charge in [0.1, 0.15) is 0 Å². The highest BCUT2D eigenvalue weighted by molar-refractivity contribution is 5.88. The molecule has 0 N–H and O–H groups in total. The standard InChI is InChI=1S/C40H26N4O/c1-3-17-31(18-4-1)39-41-42-40(32-19-5-2-6-20-32)44(39)34-22-10-8-16-30(34)28-27-29-15-7-9-21-33(29)43-35-23-11-13-25-37(35)45-38-26-14-12-24-36(38)43/h1-26H. The van der Waals surface area contributed by atoms with Gasteiger partial charge in [0.2, 0.25) is 0 Å². The lowest BCUT2D eigenvalue weighted by Gasteiger charge is -2.33. The summed E-state index contributed by atoms with van der Waals surface area (Å²) in [6.07, 6.45) is 0. The minimum atomic E-state index is 0.755. The van der Waals surface area contributed by atoms with Crippen molar-refractivity contribution >= 4 is 17.1 Å². The molecule has 0 fully saturated rings. The quantitative estimate of drug-likeness (QED) is 0.195. The van der Waals surface area contributed by atoms with Crippen molar-refractivity contribution in [1.29, 1.82) is 0 Å². The Morgan fingerprint density at radius 2 is 0.800 bits per heavy atom. The van der Waals surface area contributed by atoms with Crippen molar-refractivity contribution in [2.45, 2.75) is 0 Å². The van der Waals surface area contributed by atoms with Crippen LogP contribution in [-0.4, -0.2) is 14.8 Å². The van der Waals surface area contributed by atoms with Crippen LogP contribution in [-0.2, 0) is 0 Å². The minimum Gasteiger partial charge on any atom is -0.453 e. The van der Waals surface area contributed by atoms with E-state index in [4.69, 9.17) is 4.74 Å². The normalized spacial score (nSPS) is 11.5. The number of para-hydroxylation sites is 6. The Labute approximate surface area is 261 Å². The van der Waals surface area contributed by atoms with Gasteiger partial charge in [0, 0.05) is 22.3 Å². The Bertz CT molecular complexity index is 2110. The van der Waals surface area contributed by atoms with Crippen molar-refractivity contribution in [2.75, 3.05) is 4.90 Å². The summed E-state index contributed by atoms with van der Waals surface area (Å²) in [6, 6.07) is 52.9. The average Bonchev–Trinajstić information content (AvgIpc) is 3.56. The number of fused-ring (bicyclic) bond motifs is 2. The molecule has 0 unspecified atom stereocenters. The third-order valence-electron chi connectivity index (χ3n) is 7.78. The first-order valence-electron chi connectivity index (χ1n) is 14.8. The Morgan fingerprint density at radius 1 is 0.400 bits per heavy atom. The van der Waals surface area contributed by atoms with Gasteiger partial charge in [-0.15, -0.1) is 10.2 Å². The molecular weight excluding hydrogens is 552 g/mol. The second-order valence-electron chi connectivity index (χ2n) is 10.6. The number of ether oxygens (including phenoxy) is 1. The molecule has 45 heavy (non-hydrogen) atoms. The summed E-state index contributed by atoms with van der Waals surface area (Å²) in [4.78, 5) is 2.23. The number of hydrogen-bond acceptors (Lipinski definition) is 4. The monoisotopic (exact) mass is 578 g/mol. The van der Waals surface area contributed by atoms with Crippen LogP contribution in [0.5, 0.6) is 11.5 Å². The second-order valence-corrected chi connectivity index (χ2v) is 10.6. The van der Waals surface area contributed by atoms with Crippen molar-refractivity contribution < 1.29 is 4.74 Å². The minimum absolute atomic E-state index is 0.755. The number of nitrogens with zero attached hydrogens (tertiary/aromatic N) is 4. The van der Waals surface area contributed by atoms with Crippen LogP contribution < -0.4 is 9.64 Å². The van der Waals surface area contributed by atoms with Gasteiger partial charge in [0.25, 0.3) is 0 Å². The Kier molecular flexibility index (Phi) is 6.63. The number of rotatable bonds is 4. The SMILES string of the molecule is C(#Cc1ccccc1-n1c(-c2ccccc2)nnc1-c1ccccc1)c1ccccc1N1c2ccccc2Oc2ccccc21. The van der Waals surface area contributed by atoms with Crippen LogP contribution in [0.2, 0.25) is 0 Å². The zero-order valence-electron chi connectivity index (χ0n) is 24.2. The molecule has 0 saturated heterocycles. The van der Waals surface area contributed by atoms with E-state index in [0.717, 1.165) is 68.2 Å². The molecule has 1 aliphatic heterocycles. The predicted octanol–water partition coefficient (Wildman–Crippen LogP) is 9.58. The van der Waals surface area contributed by atoms with E-state index in [1.807, 2.05) is 103 Å². The molecule has 5 heteroatoms. The summed E-state index contributed by atoms with van der Waals surface area (Å²) >= 11 is 0. The summed E-state index contributed by atoms with van der Waals surface area (Å²) in [6.45, 7) is 0. The lowest BCUT2D eigenvalue weighted by molar-refractivity contribution is 0.477. The highest BCUT2D eigenvalue weighted by Gasteiger charge is 2.26. The molecule has 0 bridgehead atoms. The molecule has 8 rings (SSSR count). The first-order chi connectivity index (χ1) is 22.3. The van der Waals surface area contributed by atoms with Gasteiger partial charge in [-0.05, 0) is 48.5 Å². The zero-order valence-corrected chi connectivity index (χ0v) is 24.2. The van der Waals surface area contributed by atoms with Gasteiger partial charge >= 0.3 is 0 Å². The van der Waals surface area contributed by atoms with Gasteiger partial charge in [-0.3, -0.25) is 4.57 Å². The van der Waals surface area contributed by atoms with Gasteiger partial charge < -0.3 is 9.64 Å². The molecule has 0 radical (unpaired) electrons. The Morgan fingerprint density at radius 3 is 1.33 bits per heavy atom. The third-order valence-corrected chi connectivity index (χ3v) is 7.78. The van der Waals surface area contributed by atoms with Crippen molar-refractivity contribution in [2.24, 2.45) is 0 Å². The molecule has 0 atom stereocenters. The zero-order chi connectivity index (χ0) is 30.0. The first kappa shape index (κ1) is 26.3. The van der Waals surface area contributed by atoms with Crippen LogP contribution in [0.4, 0.5) is 17.1 Å². The fraction of sp³-hybridized carbons (Fsp3) is 0. The lowest BCUT2D eigenvalue weighted by Crippen LogP contribution is -2.16. The molecule has 0 saturated carbocycles. The van der Waals surface area contributed by atoms with E-state index in [1.165, 1.54) is 0 Å². The molecule has 1 aliphatic rings. The molecule has 5 nitrogen and oxygen atoms in total. The maximum Gasteiger partial charge on any atom is 0.168 e. The molecular formula is C40H26N4O. The van der Waals surface area contributed by atoms with E-state index in [0.29, 0.717) is 0 Å². The summed E-state index contributed by atoms with van der Waals surface area (Å²) in [7, 11) is 0. The highest BCUT2D eigenvalue weighted by atomic mass is 16.5. The van der Waals surface area contributed by atoms with Crippen molar-refractivity contribution in [3.63, 3.8) is 0 Å². The summed E-state index contributed by atoms with van der Waals surface area (Å²) < 4.78 is 8.36. The van der Waals surface area contributed by atoms with Crippen LogP contribution in [0.3, 0.4) is 0 Å². The van der Waals surface area contributed by atoms with E-state index in [2.05, 4.69) is 86.1 Å². The molecule has 212 valence electrons. The third kappa shape index (κ3) is 4.81. The number of hydrogen-bond donors (Lipinski definition) is 0. The fourth-order valence-electron chi connectivity index (χ4n) is 5.71. The average molecular weight is 579 g/mol. The van der Waals surface area contributed by atoms with Gasteiger partial charge in [-0.1, -0.05) is 121 Å². The number of anilines is 3. The highest BCUT2D eigenvalue weighted by Crippen LogP contribution is 2.50. The number of benzene rings is 6. The topological polar surface area (TPSA) is 43.2 Å². The van der Waals surface area contributed by atoms with Crippen LogP contribution >= 0.6 is 0 Å². The maximum absolute atomic E-state index is 6.26. The van der Waals surface area contributed by atoms with Gasteiger partial charge in [-0.25, -0.2) is 0 Å². The van der Waals surface area contributed by atoms with Gasteiger partial charge in [-0.2, -0.15) is 0 Å². The van der Waals surface area contributed by atoms with Gasteiger partial charge in [0.05, 0.1) is 22.7 Å². The first-order valence-corrected chi connectivity index (χ1v) is 14.8. The molecule has 1 aromatic heterocycles. The molecule has 0 amide bonds. The maximum atomic E-state index is 6.26. The van der Waals surface area contributed by atoms with Crippen LogP contribution in [0.1, 0.15) is 11.1 Å². The van der Waals surface area contributed by atoms with Crippen LogP contribution in [0.15, 0.2) is 158 Å². The molecule has 6 aromatic carbocycles. The largest absolute Gasteiger partial charge is 0.453 e. The number of aromatic nitrogens is 3. The summed E-state index contributed by atoms with van der Waals surface area (Å²) in [5, 5.41) is 9.33. The molecule has 0 aliphatic carbocycles. The smallest absolute Gasteiger partial charge is 0.168 e. The fourth-order valence-corrected chi connectivity index (χ4v) is 5.71. The van der Waals surface area contributed by atoms with Crippen molar-refractivity contribution in [3.8, 4) is 51.8 Å². The van der Waals surface area contributed by atoms with Crippen LogP contribution in [0.25, 0.3) is 28.5 Å². The molecule has 7 aromatic rings. The molecule has 0 spiro atoms. The van der Waals surface area contributed by atoms with Gasteiger partial charge in [0.15, 0.2) is 23.1 Å². The van der Waals surface area contributed by atoms with E-state index >= 15 is 0 Å². The van der Waals surface area contributed by atoms with Crippen molar-refractivity contribution in [1.82, 2.24) is 14.8 Å². The van der Waals surface area contributed by atoms with Crippen LogP contribution in [0, 0.1) is 11.8 Å². The van der Waals surface area contributed by atoms with E-state index in [-0.39, 0.29) is 0 Å². The van der Waals surface area contributed by atoms with E-state index < -0.39 is 0 Å². The van der Waals surface area contributed by atoms with E-state index in [1.54, 1.807) is 0 Å². The Balaban J connectivity index is 1.28. The predicted molar refractivity (Wildman–Crippen MR) is 179 cm³/mol. The Hall–Kier alpha value is -6.38. The van der Waals surface area contributed by atoms with E-state index in [9.17, 15) is 0 Å².